The van der Waals surface area contributed by atoms with Crippen LogP contribution in [0.1, 0.15) is 18.6 Å². The fourth-order valence-corrected chi connectivity index (χ4v) is 4.86. The number of halogens is 1. The SMILES string of the molecule is CCOC1=NC(c2nc3nc(Cl)c(NS(=O)(=O)Cc4ncccn4)nc3n2-c2c(O)cccc2OC)=C=C=C1. The molecule has 4 heterocycles. The van der Waals surface area contributed by atoms with Crippen LogP contribution in [-0.4, -0.2) is 62.6 Å². The highest BCUT2D eigenvalue weighted by Crippen LogP contribution is 2.37. The van der Waals surface area contributed by atoms with Crippen molar-refractivity contribution in [1.82, 2.24) is 29.5 Å². The molecule has 0 atom stereocenters. The van der Waals surface area contributed by atoms with E-state index in [2.05, 4.69) is 46.1 Å². The van der Waals surface area contributed by atoms with E-state index in [1.807, 2.05) is 6.92 Å². The number of aliphatic imine (C=N–C) groups is 1. The Kier molecular flexibility index (Phi) is 7.01. The van der Waals surface area contributed by atoms with Gasteiger partial charge in [0.2, 0.25) is 15.9 Å². The molecule has 5 rings (SSSR count). The largest absolute Gasteiger partial charge is 0.506 e. The zero-order valence-electron chi connectivity index (χ0n) is 20.5. The zero-order chi connectivity index (χ0) is 27.6. The number of para-hydroxylation sites is 1. The highest BCUT2D eigenvalue weighted by atomic mass is 35.5. The lowest BCUT2D eigenvalue weighted by atomic mass is 10.2. The van der Waals surface area contributed by atoms with E-state index in [4.69, 9.17) is 21.1 Å². The van der Waals surface area contributed by atoms with Gasteiger partial charge in [-0.3, -0.25) is 9.29 Å². The van der Waals surface area contributed by atoms with Crippen molar-refractivity contribution in [3.05, 3.63) is 71.0 Å². The van der Waals surface area contributed by atoms with E-state index in [-0.39, 0.29) is 62.7 Å². The predicted molar refractivity (Wildman–Crippen MR) is 142 cm³/mol. The second-order valence-electron chi connectivity index (χ2n) is 7.78. The minimum absolute atomic E-state index is 0.0339. The van der Waals surface area contributed by atoms with Gasteiger partial charge in [0.1, 0.15) is 28.8 Å². The number of hydrogen-bond acceptors (Lipinski definition) is 11. The molecule has 39 heavy (non-hydrogen) atoms. The molecule has 0 aliphatic carbocycles. The summed E-state index contributed by atoms with van der Waals surface area (Å²) in [5.41, 5.74) is 6.11. The van der Waals surface area contributed by atoms with Crippen LogP contribution in [0.3, 0.4) is 0 Å². The maximum Gasteiger partial charge on any atom is 0.241 e. The van der Waals surface area contributed by atoms with Crippen molar-refractivity contribution < 1.29 is 23.0 Å². The number of nitrogens with one attached hydrogen (secondary N) is 1. The van der Waals surface area contributed by atoms with Gasteiger partial charge in [0, 0.05) is 12.4 Å². The number of anilines is 1. The molecule has 0 bridgehead atoms. The molecule has 13 nitrogen and oxygen atoms in total. The average molecular weight is 567 g/mol. The van der Waals surface area contributed by atoms with Gasteiger partial charge in [0.05, 0.1) is 19.8 Å². The van der Waals surface area contributed by atoms with Gasteiger partial charge in [0.15, 0.2) is 33.8 Å². The first kappa shape index (κ1) is 25.9. The normalized spacial score (nSPS) is 12.8. The van der Waals surface area contributed by atoms with E-state index in [0.29, 0.717) is 6.61 Å². The van der Waals surface area contributed by atoms with Crippen molar-refractivity contribution in [2.75, 3.05) is 18.4 Å². The topological polar surface area (TPSA) is 167 Å². The fourth-order valence-electron chi connectivity index (χ4n) is 3.63. The number of rotatable bonds is 8. The standard InChI is InChI=1S/C24H19ClN8O5S/c1-3-38-18-10-4-7-14(28-18)23-31-22-24(33(23)19-15(34)8-5-9-16(19)37-2)30-21(20(25)29-22)32-39(35,36)13-17-26-11-6-12-27-17/h5-6,8-12,34H,3,13H2,1-2H3,(H,30,32). The molecule has 0 unspecified atom stereocenters. The molecule has 0 fully saturated rings. The van der Waals surface area contributed by atoms with Crippen LogP contribution < -0.4 is 9.46 Å². The van der Waals surface area contributed by atoms with E-state index >= 15 is 0 Å². The molecule has 0 saturated heterocycles. The van der Waals surface area contributed by atoms with Crippen LogP contribution >= 0.6 is 11.6 Å². The molecule has 0 spiro atoms. The molecule has 4 aromatic rings. The Morgan fingerprint density at radius 2 is 1.95 bits per heavy atom. The van der Waals surface area contributed by atoms with Gasteiger partial charge < -0.3 is 14.6 Å². The van der Waals surface area contributed by atoms with E-state index in [9.17, 15) is 13.5 Å². The molecule has 1 aromatic carbocycles. The molecule has 0 amide bonds. The highest BCUT2D eigenvalue weighted by molar-refractivity contribution is 7.91. The van der Waals surface area contributed by atoms with Gasteiger partial charge >= 0.3 is 0 Å². The Morgan fingerprint density at radius 3 is 2.69 bits per heavy atom. The van der Waals surface area contributed by atoms with Gasteiger partial charge in [-0.05, 0) is 30.9 Å². The van der Waals surface area contributed by atoms with Gasteiger partial charge in [-0.15, -0.1) is 0 Å². The summed E-state index contributed by atoms with van der Waals surface area (Å²) in [7, 11) is -2.61. The summed E-state index contributed by atoms with van der Waals surface area (Å²) in [5, 5.41) is 10.6. The summed E-state index contributed by atoms with van der Waals surface area (Å²) in [6.45, 7) is 2.17. The van der Waals surface area contributed by atoms with Crippen LogP contribution in [0, 0.1) is 0 Å². The summed E-state index contributed by atoms with van der Waals surface area (Å²) in [5.74, 6) is -0.232. The van der Waals surface area contributed by atoms with Crippen LogP contribution in [0.15, 0.2) is 59.2 Å². The third kappa shape index (κ3) is 5.31. The number of sulfonamides is 1. The number of aromatic hydroxyl groups is 1. The third-order valence-corrected chi connectivity index (χ3v) is 6.58. The van der Waals surface area contributed by atoms with Gasteiger partial charge in [0.25, 0.3) is 0 Å². The van der Waals surface area contributed by atoms with E-state index in [0.717, 1.165) is 0 Å². The van der Waals surface area contributed by atoms with Crippen LogP contribution in [-0.2, 0) is 20.5 Å². The second-order valence-corrected chi connectivity index (χ2v) is 9.86. The van der Waals surface area contributed by atoms with Crippen LogP contribution in [0.4, 0.5) is 5.82 Å². The van der Waals surface area contributed by atoms with Gasteiger partial charge in [-0.1, -0.05) is 23.4 Å². The maximum atomic E-state index is 12.9. The van der Waals surface area contributed by atoms with Crippen LogP contribution in [0.2, 0.25) is 5.15 Å². The van der Waals surface area contributed by atoms with Gasteiger partial charge in [-0.25, -0.2) is 38.3 Å². The Balaban J connectivity index is 1.71. The number of nitrogens with zero attached hydrogens (tertiary/aromatic N) is 7. The van der Waals surface area contributed by atoms with Crippen molar-refractivity contribution in [3.8, 4) is 17.2 Å². The minimum atomic E-state index is -4.04. The lowest BCUT2D eigenvalue weighted by molar-refractivity contribution is 0.330. The lowest BCUT2D eigenvalue weighted by Gasteiger charge is -2.15. The van der Waals surface area contributed by atoms with Gasteiger partial charge in [-0.2, -0.15) is 0 Å². The molecule has 3 aromatic heterocycles. The van der Waals surface area contributed by atoms with Crippen molar-refractivity contribution in [3.63, 3.8) is 0 Å². The average Bonchev–Trinajstić information content (AvgIpc) is 3.26. The summed E-state index contributed by atoms with van der Waals surface area (Å²) in [6, 6.07) is 6.23. The van der Waals surface area contributed by atoms with E-state index < -0.39 is 15.8 Å². The number of methoxy groups -OCH3 is 1. The predicted octanol–water partition coefficient (Wildman–Crippen LogP) is 3.01. The number of ether oxygens (including phenoxy) is 2. The van der Waals surface area contributed by atoms with Crippen molar-refractivity contribution >= 4 is 50.3 Å². The lowest BCUT2D eigenvalue weighted by Crippen LogP contribution is -2.18. The Hall–Kier alpha value is -4.74. The molecule has 1 aliphatic rings. The smallest absolute Gasteiger partial charge is 0.241 e. The number of phenolic OH excluding ortho intramolecular Hbond substituents is 1. The third-order valence-electron chi connectivity index (χ3n) is 5.18. The molecule has 0 saturated carbocycles. The van der Waals surface area contributed by atoms with Crippen molar-refractivity contribution in [2.24, 2.45) is 4.99 Å². The summed E-state index contributed by atoms with van der Waals surface area (Å²) in [6.07, 6.45) is 4.37. The number of fused-ring (bicyclic) bond motifs is 1. The first-order valence-electron chi connectivity index (χ1n) is 11.3. The van der Waals surface area contributed by atoms with Crippen molar-refractivity contribution in [2.45, 2.75) is 12.7 Å². The zero-order valence-corrected chi connectivity index (χ0v) is 22.0. The summed E-state index contributed by atoms with van der Waals surface area (Å²) in [4.78, 5) is 25.5. The Labute approximate surface area is 226 Å². The number of benzene rings is 1. The van der Waals surface area contributed by atoms with E-state index in [1.165, 1.54) is 36.2 Å². The first-order chi connectivity index (χ1) is 18.8. The Morgan fingerprint density at radius 1 is 1.15 bits per heavy atom. The number of imidazole rings is 1. The first-order valence-corrected chi connectivity index (χ1v) is 13.3. The molecule has 1 aliphatic heterocycles. The monoisotopic (exact) mass is 566 g/mol. The quantitative estimate of drug-likeness (QED) is 0.302. The Bertz CT molecular complexity index is 1830. The molecule has 2 N–H and O–H groups in total. The number of aromatic nitrogens is 6. The second kappa shape index (κ2) is 10.6. The van der Waals surface area contributed by atoms with Crippen LogP contribution in [0.25, 0.3) is 22.7 Å². The molecule has 15 heteroatoms. The molecular formula is C24H19ClN8O5S. The number of phenols is 1. The summed E-state index contributed by atoms with van der Waals surface area (Å²) >= 11 is 6.32. The summed E-state index contributed by atoms with van der Waals surface area (Å²) < 4.78 is 40.4. The molecule has 198 valence electrons. The maximum absolute atomic E-state index is 12.9. The minimum Gasteiger partial charge on any atom is -0.506 e. The molecule has 0 radical (unpaired) electrons. The fraction of sp³-hybridized carbons (Fsp3) is 0.167. The van der Waals surface area contributed by atoms with E-state index in [1.54, 1.807) is 18.2 Å². The number of hydrogen-bond donors (Lipinski definition) is 2. The molecular weight excluding hydrogens is 548 g/mol. The van der Waals surface area contributed by atoms with Crippen LogP contribution in [0.5, 0.6) is 11.5 Å². The highest BCUT2D eigenvalue weighted by Gasteiger charge is 2.26. The van der Waals surface area contributed by atoms with Crippen molar-refractivity contribution in [1.29, 1.82) is 0 Å².